The number of hydrogen-bond donors (Lipinski definition) is 1. The molecule has 0 heterocycles. The first-order chi connectivity index (χ1) is 33.6. The van der Waals surface area contributed by atoms with Gasteiger partial charge in [-0.25, -0.2) is 0 Å². The lowest BCUT2D eigenvalue weighted by Crippen LogP contribution is -2.25. The Labute approximate surface area is 397 Å². The number of fused-ring (bicyclic) bond motifs is 16. The molecule has 0 saturated carbocycles. The summed E-state index contributed by atoms with van der Waals surface area (Å²) in [4.78, 5) is 5.24. The number of rotatable bonds is 7. The molecule has 10 aromatic carbocycles. The maximum atomic E-state index is 7.13. The fourth-order valence-electron chi connectivity index (χ4n) is 11.9. The van der Waals surface area contributed by atoms with Crippen LogP contribution in [0.3, 0.4) is 0 Å². The molecule has 2 atom stereocenters. The number of nitrogens with two attached hydrogens (primary N) is 1. The molecule has 2 N–H and O–H groups in total. The van der Waals surface area contributed by atoms with E-state index in [9.17, 15) is 0 Å². The van der Waals surface area contributed by atoms with Crippen LogP contribution in [-0.4, -0.2) is 5.71 Å². The topological polar surface area (TPSA) is 38.4 Å². The summed E-state index contributed by atoms with van der Waals surface area (Å²) < 4.78 is 0. The van der Waals surface area contributed by atoms with Gasteiger partial charge in [0.15, 0.2) is 0 Å². The Bertz CT molecular complexity index is 3750. The largest absolute Gasteiger partial charge is 0.401 e. The van der Waals surface area contributed by atoms with E-state index in [1.807, 2.05) is 12.1 Å². The summed E-state index contributed by atoms with van der Waals surface area (Å²) in [6.07, 6.45) is 9.86. The van der Waals surface area contributed by atoms with Crippen LogP contribution in [-0.2, 0) is 5.41 Å². The Kier molecular flexibility index (Phi) is 9.37. The summed E-state index contributed by atoms with van der Waals surface area (Å²) in [5.74, 6) is 0.0137. The third-order valence-corrected chi connectivity index (χ3v) is 15.0. The van der Waals surface area contributed by atoms with Gasteiger partial charge in [-0.3, -0.25) is 4.99 Å². The van der Waals surface area contributed by atoms with Gasteiger partial charge in [-0.1, -0.05) is 218 Å². The van der Waals surface area contributed by atoms with Gasteiger partial charge in [-0.15, -0.1) is 0 Å². The summed E-state index contributed by atoms with van der Waals surface area (Å²) in [6, 6.07) is 78.0. The number of allylic oxidation sites excluding steroid dienone is 5. The molecule has 2 heteroatoms. The Balaban J connectivity index is 0.930. The monoisotopic (exact) mass is 868 g/mol. The molecule has 2 unspecified atom stereocenters. The number of benzene rings is 10. The zero-order valence-electron chi connectivity index (χ0n) is 37.9. The van der Waals surface area contributed by atoms with E-state index in [0.29, 0.717) is 0 Å². The molecule has 0 aromatic heterocycles. The molecule has 0 saturated heterocycles. The van der Waals surface area contributed by atoms with E-state index in [4.69, 9.17) is 10.7 Å². The molecule has 3 aliphatic carbocycles. The zero-order chi connectivity index (χ0) is 45.3. The highest BCUT2D eigenvalue weighted by molar-refractivity contribution is 6.28. The van der Waals surface area contributed by atoms with Crippen molar-refractivity contribution in [2.24, 2.45) is 16.6 Å². The molecule has 0 radical (unpaired) electrons. The summed E-state index contributed by atoms with van der Waals surface area (Å²) in [6.45, 7) is 2.15. The van der Waals surface area contributed by atoms with Crippen LogP contribution in [0.5, 0.6) is 0 Å². The van der Waals surface area contributed by atoms with Crippen molar-refractivity contribution in [3.8, 4) is 33.4 Å². The van der Waals surface area contributed by atoms with E-state index in [1.54, 1.807) is 0 Å². The lowest BCUT2D eigenvalue weighted by atomic mass is 9.70. The molecule has 322 valence electrons. The fourth-order valence-corrected chi connectivity index (χ4v) is 11.9. The predicted molar refractivity (Wildman–Crippen MR) is 286 cm³/mol. The lowest BCUT2D eigenvalue weighted by molar-refractivity contribution is 0.759. The molecule has 3 aliphatic rings. The fraction of sp³-hybridized carbons (Fsp3) is 0.0758. The van der Waals surface area contributed by atoms with E-state index >= 15 is 0 Å². The molecule has 10 aromatic rings. The van der Waals surface area contributed by atoms with Crippen molar-refractivity contribution in [2.75, 3.05) is 0 Å². The van der Waals surface area contributed by atoms with Gasteiger partial charge in [0.25, 0.3) is 0 Å². The predicted octanol–water partition coefficient (Wildman–Crippen LogP) is 16.2. The molecule has 0 fully saturated rings. The Morgan fingerprint density at radius 3 is 1.75 bits per heavy atom. The molecule has 13 rings (SSSR count). The normalized spacial score (nSPS) is 16.1. The average Bonchev–Trinajstić information content (AvgIpc) is 3.88. The highest BCUT2D eigenvalue weighted by atomic mass is 14.8. The minimum Gasteiger partial charge on any atom is -0.401 e. The van der Waals surface area contributed by atoms with Crippen LogP contribution in [0.25, 0.3) is 71.3 Å². The molecule has 1 spiro atoms. The molecule has 2 nitrogen and oxygen atoms in total. The molecule has 68 heavy (non-hydrogen) atoms. The highest BCUT2D eigenvalue weighted by Crippen LogP contribution is 2.63. The van der Waals surface area contributed by atoms with E-state index in [0.717, 1.165) is 23.4 Å². The summed E-state index contributed by atoms with van der Waals surface area (Å²) in [5, 5.41) is 7.53. The van der Waals surface area contributed by atoms with E-state index in [-0.39, 0.29) is 17.4 Å². The van der Waals surface area contributed by atoms with E-state index < -0.39 is 0 Å². The van der Waals surface area contributed by atoms with Crippen molar-refractivity contribution in [3.63, 3.8) is 0 Å². The van der Waals surface area contributed by atoms with E-state index in [2.05, 4.69) is 231 Å². The third-order valence-electron chi connectivity index (χ3n) is 15.0. The van der Waals surface area contributed by atoms with Gasteiger partial charge in [-0.2, -0.15) is 0 Å². The molecular formula is C66H48N2. The summed E-state index contributed by atoms with van der Waals surface area (Å²) in [7, 11) is 0. The van der Waals surface area contributed by atoms with Crippen LogP contribution >= 0.6 is 0 Å². The van der Waals surface area contributed by atoms with Crippen LogP contribution in [0, 0.1) is 5.92 Å². The van der Waals surface area contributed by atoms with Crippen LogP contribution in [0.15, 0.2) is 247 Å². The second-order valence-electron chi connectivity index (χ2n) is 18.7. The molecule has 0 bridgehead atoms. The first kappa shape index (κ1) is 40.0. The van der Waals surface area contributed by atoms with Crippen molar-refractivity contribution in [1.29, 1.82) is 0 Å². The average molecular weight is 869 g/mol. The summed E-state index contributed by atoms with van der Waals surface area (Å²) in [5.41, 5.74) is 26.2. The van der Waals surface area contributed by atoms with E-state index in [1.165, 1.54) is 105 Å². The minimum atomic E-state index is -0.354. The van der Waals surface area contributed by atoms with Gasteiger partial charge in [0.1, 0.15) is 0 Å². The van der Waals surface area contributed by atoms with Gasteiger partial charge < -0.3 is 5.73 Å². The first-order valence-corrected chi connectivity index (χ1v) is 23.9. The van der Waals surface area contributed by atoms with Crippen molar-refractivity contribution < 1.29 is 0 Å². The minimum absolute atomic E-state index is 0.0137. The van der Waals surface area contributed by atoms with Gasteiger partial charge in [0, 0.05) is 11.6 Å². The number of hydrogen-bond acceptors (Lipinski definition) is 2. The Hall–Kier alpha value is -8.33. The van der Waals surface area contributed by atoms with Crippen molar-refractivity contribution >= 4 is 43.6 Å². The van der Waals surface area contributed by atoms with Crippen molar-refractivity contribution in [3.05, 3.63) is 281 Å². The van der Waals surface area contributed by atoms with Crippen LogP contribution in [0.4, 0.5) is 0 Å². The second kappa shape index (κ2) is 15.9. The maximum absolute atomic E-state index is 7.13. The van der Waals surface area contributed by atoms with Crippen LogP contribution in [0.2, 0.25) is 0 Å². The van der Waals surface area contributed by atoms with Gasteiger partial charge in [-0.05, 0) is 142 Å². The Morgan fingerprint density at radius 2 is 1.04 bits per heavy atom. The maximum Gasteiger partial charge on any atom is 0.0728 e. The number of nitrogens with zero attached hydrogens (tertiary/aromatic N) is 1. The van der Waals surface area contributed by atoms with Gasteiger partial charge in [0.05, 0.1) is 17.2 Å². The zero-order valence-corrected chi connectivity index (χ0v) is 37.9. The third kappa shape index (κ3) is 6.14. The van der Waals surface area contributed by atoms with Gasteiger partial charge in [0.2, 0.25) is 0 Å². The first-order valence-electron chi connectivity index (χ1n) is 23.9. The Morgan fingerprint density at radius 1 is 0.515 bits per heavy atom. The smallest absolute Gasteiger partial charge is 0.0728 e. The van der Waals surface area contributed by atoms with Crippen LogP contribution in [0.1, 0.15) is 58.3 Å². The second-order valence-corrected chi connectivity index (χ2v) is 18.7. The quantitative estimate of drug-likeness (QED) is 0.126. The highest BCUT2D eigenvalue weighted by Gasteiger charge is 2.51. The summed E-state index contributed by atoms with van der Waals surface area (Å²) >= 11 is 0. The molecule has 0 aliphatic heterocycles. The standard InChI is InChI=1S/C66H48N2/c1-42(43-18-4-2-5-19-43)68-64(44-20-6-3-7-21-44)41-63(67)48-23-16-22-47(38-48)49-29-17-30-55-50-24-8-9-25-51(50)57-39-45(34-36-56(57)65(49)55)46-35-37-62-58(40-46)54-28-12-15-33-61(54)66(62)59-31-13-10-26-52(59)53-27-11-14-32-60(53)66/h2-22,24-42,48H,23,67H2,1H3/b63-41-,68-64+. The lowest BCUT2D eigenvalue weighted by Gasteiger charge is -2.30. The molecule has 0 amide bonds. The number of aliphatic imine (C=N–C) groups is 1. The van der Waals surface area contributed by atoms with Crippen molar-refractivity contribution in [1.82, 2.24) is 0 Å². The van der Waals surface area contributed by atoms with Gasteiger partial charge >= 0.3 is 0 Å². The van der Waals surface area contributed by atoms with Crippen molar-refractivity contribution in [2.45, 2.75) is 24.8 Å². The van der Waals surface area contributed by atoms with Crippen LogP contribution < -0.4 is 5.73 Å². The molecular weight excluding hydrogens is 821 g/mol. The SMILES string of the molecule is CC(/N=C(\C=C(/N)C1C=C(c2cccc3c4ccccc4c4cc(-c5ccc6c(c5)-c5ccccc5C65c6ccccc6-c6ccccc65)ccc4c23)C=CC1)c1ccccc1)c1ccccc1.